The minimum Gasteiger partial charge on any atom is -0.477 e. The largest absolute Gasteiger partial charge is 0.477 e. The number of oxime groups is 1. The molecule has 37 heavy (non-hydrogen) atoms. The van der Waals surface area contributed by atoms with Crippen LogP contribution in [0, 0.1) is 5.41 Å². The van der Waals surface area contributed by atoms with E-state index in [0.717, 1.165) is 54.9 Å². The van der Waals surface area contributed by atoms with Gasteiger partial charge < -0.3 is 30.6 Å². The average Bonchev–Trinajstić information content (AvgIpc) is 3.33. The molecule has 0 unspecified atom stereocenters. The average molecular weight is 557 g/mol. The van der Waals surface area contributed by atoms with Crippen LogP contribution in [0.15, 0.2) is 16.4 Å². The number of β-lactam (4-membered cyclic amide) rings is 1. The lowest BCUT2D eigenvalue weighted by molar-refractivity contribution is -0.941. The van der Waals surface area contributed by atoms with Crippen molar-refractivity contribution in [1.29, 1.82) is 0 Å². The Bertz CT molecular complexity index is 1170. The molecule has 6 rings (SSSR count). The molecule has 0 aromatic carbocycles. The molecule has 0 aliphatic carbocycles. The fourth-order valence-corrected chi connectivity index (χ4v) is 7.40. The summed E-state index contributed by atoms with van der Waals surface area (Å²) in [6, 6.07) is -1.01. The monoisotopic (exact) mass is 556 g/mol. The number of aliphatic hydroxyl groups excluding tert-OH is 1. The standard InChI is InChI=1S/C21H26FN7O6S2/c22-10-35-26-12(15-25-20(23)37-27-15)16(31)24-13-17(32)28-14(19(33)34)11(8-36-18(13)28)7-29-4-1-21(9-30,2-5-29)3-6-29/h13,18,30H,1-10H2,(H3-,23,24,25,27,31,33,34)/p+1/b26-12-/t13-,18-,21?,29?/m1/s1. The number of nitrogen functional groups attached to an aromatic ring is 1. The number of aliphatic carboxylic acids is 1. The van der Waals surface area contributed by atoms with Crippen molar-refractivity contribution in [1.82, 2.24) is 19.6 Å². The number of aliphatic hydroxyl groups is 1. The first-order valence-corrected chi connectivity index (χ1v) is 13.6. The molecule has 5 aliphatic heterocycles. The molecule has 16 heteroatoms. The van der Waals surface area contributed by atoms with Crippen LogP contribution in [0.25, 0.3) is 0 Å². The zero-order valence-corrected chi connectivity index (χ0v) is 21.4. The van der Waals surface area contributed by atoms with Gasteiger partial charge in [0.2, 0.25) is 11.5 Å². The van der Waals surface area contributed by atoms with Crippen LogP contribution < -0.4 is 11.1 Å². The Hall–Kier alpha value is -2.82. The van der Waals surface area contributed by atoms with Gasteiger partial charge in [-0.1, -0.05) is 5.16 Å². The SMILES string of the molecule is Nc1nc(/C(=N/OCF)C(=O)N[C@@H]2C(=O)N3C(C(=O)O)=C(C[N+]45CCC(CO)(CC4)CC5)CS[C@H]23)ns1. The van der Waals surface area contributed by atoms with Crippen molar-refractivity contribution in [3.05, 3.63) is 17.1 Å². The number of alkyl halides is 1. The number of carbonyl (C=O) groups is 3. The molecular weight excluding hydrogens is 529 g/mol. The number of aromatic nitrogens is 2. The summed E-state index contributed by atoms with van der Waals surface area (Å²) in [6.07, 6.45) is 2.71. The molecule has 2 atom stereocenters. The van der Waals surface area contributed by atoms with Gasteiger partial charge in [0.05, 0.1) is 19.6 Å². The number of piperidine rings is 3. The number of rotatable bonds is 9. The Balaban J connectivity index is 1.32. The molecule has 4 fully saturated rings. The molecule has 2 amide bonds. The number of nitrogens with two attached hydrogens (primary N) is 1. The van der Waals surface area contributed by atoms with E-state index in [1.165, 1.54) is 16.7 Å². The fraction of sp³-hybridized carbons (Fsp3) is 0.619. The zero-order chi connectivity index (χ0) is 26.4. The number of amides is 2. The van der Waals surface area contributed by atoms with Gasteiger partial charge in [0, 0.05) is 54.1 Å². The summed E-state index contributed by atoms with van der Waals surface area (Å²) < 4.78 is 17.2. The number of quaternary nitrogens is 1. The summed E-state index contributed by atoms with van der Waals surface area (Å²) in [5.41, 5.74) is 5.78. The summed E-state index contributed by atoms with van der Waals surface area (Å²) in [4.78, 5) is 47.7. The zero-order valence-electron chi connectivity index (χ0n) is 19.8. The van der Waals surface area contributed by atoms with Gasteiger partial charge in [0.25, 0.3) is 18.7 Å². The molecule has 2 bridgehead atoms. The number of nitrogens with zero attached hydrogens (tertiary/aromatic N) is 5. The molecule has 1 aromatic heterocycles. The number of hydrogen-bond acceptors (Lipinski definition) is 11. The van der Waals surface area contributed by atoms with E-state index in [0.29, 0.717) is 17.9 Å². The highest BCUT2D eigenvalue weighted by Gasteiger charge is 2.56. The second-order valence-electron chi connectivity index (χ2n) is 9.83. The van der Waals surface area contributed by atoms with Crippen molar-refractivity contribution >= 4 is 51.9 Å². The Kier molecular flexibility index (Phi) is 6.84. The van der Waals surface area contributed by atoms with Crippen LogP contribution in [-0.4, -0.2) is 109 Å². The van der Waals surface area contributed by atoms with Crippen molar-refractivity contribution in [2.45, 2.75) is 30.7 Å². The number of carboxylic acids is 1. The Morgan fingerprint density at radius 1 is 1.32 bits per heavy atom. The third-order valence-electron chi connectivity index (χ3n) is 7.82. The minimum absolute atomic E-state index is 0.00747. The van der Waals surface area contributed by atoms with Crippen molar-refractivity contribution < 1.29 is 38.3 Å². The lowest BCUT2D eigenvalue weighted by Gasteiger charge is -2.55. The van der Waals surface area contributed by atoms with Gasteiger partial charge in [0.15, 0.2) is 5.13 Å². The van der Waals surface area contributed by atoms with Crippen molar-refractivity contribution in [2.24, 2.45) is 10.6 Å². The second-order valence-corrected chi connectivity index (χ2v) is 11.7. The molecule has 0 saturated carbocycles. The van der Waals surface area contributed by atoms with Crippen molar-refractivity contribution in [3.8, 4) is 0 Å². The summed E-state index contributed by atoms with van der Waals surface area (Å²) in [7, 11) is 0. The van der Waals surface area contributed by atoms with Crippen LogP contribution in [0.1, 0.15) is 25.1 Å². The number of halogens is 1. The number of fused-ring (bicyclic) bond motifs is 4. The first-order chi connectivity index (χ1) is 17.7. The molecular formula is C21H27FN7O6S2+. The molecule has 4 saturated heterocycles. The van der Waals surface area contributed by atoms with E-state index >= 15 is 0 Å². The van der Waals surface area contributed by atoms with E-state index in [-0.39, 0.29) is 28.7 Å². The van der Waals surface area contributed by atoms with E-state index in [4.69, 9.17) is 5.73 Å². The molecule has 0 spiro atoms. The predicted molar refractivity (Wildman–Crippen MR) is 131 cm³/mol. The lowest BCUT2D eigenvalue weighted by Crippen LogP contribution is -2.71. The number of hydrogen-bond donors (Lipinski definition) is 4. The summed E-state index contributed by atoms with van der Waals surface area (Å²) in [5, 5.41) is 25.2. The van der Waals surface area contributed by atoms with E-state index in [2.05, 4.69) is 24.7 Å². The van der Waals surface area contributed by atoms with Crippen LogP contribution >= 0.6 is 23.3 Å². The van der Waals surface area contributed by atoms with Gasteiger partial charge in [-0.3, -0.25) is 14.5 Å². The summed E-state index contributed by atoms with van der Waals surface area (Å²) in [5.74, 6) is -2.39. The first kappa shape index (κ1) is 25.8. The number of thioether (sulfide) groups is 1. The van der Waals surface area contributed by atoms with Gasteiger partial charge in [-0.2, -0.15) is 9.36 Å². The Labute approximate surface area is 219 Å². The third-order valence-corrected chi connectivity index (χ3v) is 9.70. The first-order valence-electron chi connectivity index (χ1n) is 11.7. The third kappa shape index (κ3) is 4.55. The van der Waals surface area contributed by atoms with E-state index in [1.807, 2.05) is 0 Å². The van der Waals surface area contributed by atoms with Crippen LogP contribution in [0.4, 0.5) is 9.52 Å². The van der Waals surface area contributed by atoms with Crippen molar-refractivity contribution in [2.75, 3.05) is 51.1 Å². The van der Waals surface area contributed by atoms with E-state index in [1.54, 1.807) is 0 Å². The highest BCUT2D eigenvalue weighted by molar-refractivity contribution is 8.00. The van der Waals surface area contributed by atoms with Crippen LogP contribution in [0.3, 0.4) is 0 Å². The van der Waals surface area contributed by atoms with Crippen LogP contribution in [0.5, 0.6) is 0 Å². The van der Waals surface area contributed by atoms with Gasteiger partial charge in [-0.15, -0.1) is 11.8 Å². The van der Waals surface area contributed by atoms with E-state index < -0.39 is 41.8 Å². The molecule has 6 heterocycles. The maximum atomic E-state index is 13.1. The maximum absolute atomic E-state index is 13.1. The normalized spacial score (nSPS) is 31.1. The molecule has 5 N–H and O–H groups in total. The maximum Gasteiger partial charge on any atom is 0.352 e. The Morgan fingerprint density at radius 2 is 2.03 bits per heavy atom. The fourth-order valence-electron chi connectivity index (χ4n) is 5.63. The van der Waals surface area contributed by atoms with Crippen LogP contribution in [-0.2, 0) is 19.2 Å². The Morgan fingerprint density at radius 3 is 2.59 bits per heavy atom. The predicted octanol–water partition coefficient (Wildman–Crippen LogP) is -0.500. The second kappa shape index (κ2) is 9.81. The molecule has 13 nitrogen and oxygen atoms in total. The van der Waals surface area contributed by atoms with E-state index in [9.17, 15) is 29.0 Å². The van der Waals surface area contributed by atoms with Gasteiger partial charge in [-0.05, 0) is 0 Å². The number of nitrogens with one attached hydrogen (secondary N) is 1. The van der Waals surface area contributed by atoms with Gasteiger partial charge in [0.1, 0.15) is 23.7 Å². The quantitative estimate of drug-likeness (QED) is 0.134. The molecule has 1 aromatic rings. The highest BCUT2D eigenvalue weighted by atomic mass is 32.2. The number of carboxylic acid groups (broad SMARTS) is 1. The number of carbonyl (C=O) groups excluding carboxylic acids is 2. The molecule has 200 valence electrons. The van der Waals surface area contributed by atoms with Crippen molar-refractivity contribution in [3.63, 3.8) is 0 Å². The summed E-state index contributed by atoms with van der Waals surface area (Å²) >= 11 is 2.18. The minimum atomic E-state index is -1.29. The lowest BCUT2D eigenvalue weighted by atomic mass is 9.71. The molecule has 5 aliphatic rings. The topological polar surface area (TPSA) is 180 Å². The van der Waals surface area contributed by atoms with Gasteiger partial charge >= 0.3 is 5.97 Å². The highest BCUT2D eigenvalue weighted by Crippen LogP contribution is 2.46. The summed E-state index contributed by atoms with van der Waals surface area (Å²) in [6.45, 7) is 2.04. The number of anilines is 1. The van der Waals surface area contributed by atoms with Gasteiger partial charge in [-0.25, -0.2) is 9.18 Å². The molecule has 0 radical (unpaired) electrons. The smallest absolute Gasteiger partial charge is 0.352 e. The van der Waals surface area contributed by atoms with Crippen LogP contribution in [0.2, 0.25) is 0 Å².